The fourth-order valence-electron chi connectivity index (χ4n) is 3.16. The van der Waals surface area contributed by atoms with E-state index in [2.05, 4.69) is 45.0 Å². The topological polar surface area (TPSA) is 61.4 Å². The first kappa shape index (κ1) is 23.2. The van der Waals surface area contributed by atoms with E-state index in [1.54, 1.807) is 19.2 Å². The van der Waals surface area contributed by atoms with Gasteiger partial charge in [-0.1, -0.05) is 24.3 Å². The first-order chi connectivity index (χ1) is 13.7. The number of H-pyrrole nitrogens is 1. The fraction of sp³-hybridized carbons (Fsp3) is 0.318. The number of nitrogens with one attached hydrogen (secondary N) is 3. The van der Waals surface area contributed by atoms with Crippen molar-refractivity contribution in [3.05, 3.63) is 71.2 Å². The lowest BCUT2D eigenvalue weighted by molar-refractivity contribution is 0.181. The van der Waals surface area contributed by atoms with Crippen LogP contribution in [0.2, 0.25) is 0 Å². The van der Waals surface area contributed by atoms with Gasteiger partial charge in [-0.05, 0) is 42.7 Å². The first-order valence-electron chi connectivity index (χ1n) is 9.54. The Hall–Kier alpha value is -2.13. The molecule has 0 spiro atoms. The Kier molecular flexibility index (Phi) is 9.40. The number of guanidine groups is 1. The van der Waals surface area contributed by atoms with E-state index < -0.39 is 0 Å². The summed E-state index contributed by atoms with van der Waals surface area (Å²) in [5.41, 5.74) is 3.93. The summed E-state index contributed by atoms with van der Waals surface area (Å²) in [4.78, 5) is 7.92. The van der Waals surface area contributed by atoms with Crippen molar-refractivity contribution >= 4 is 40.8 Å². The van der Waals surface area contributed by atoms with Crippen LogP contribution in [0.3, 0.4) is 0 Å². The zero-order valence-corrected chi connectivity index (χ0v) is 19.1. The number of hydrogen-bond donors (Lipinski definition) is 3. The molecule has 0 radical (unpaired) electrons. The number of halogens is 2. The van der Waals surface area contributed by atoms with Crippen LogP contribution < -0.4 is 10.6 Å². The average molecular weight is 510 g/mol. The lowest BCUT2D eigenvalue weighted by atomic mass is 10.1. The summed E-state index contributed by atoms with van der Waals surface area (Å²) in [6.07, 6.45) is 2.95. The number of aromatic nitrogens is 1. The molecule has 0 atom stereocenters. The number of ether oxygens (including phenoxy) is 1. The van der Waals surface area contributed by atoms with Crippen LogP contribution in [-0.2, 0) is 24.3 Å². The summed E-state index contributed by atoms with van der Waals surface area (Å²) >= 11 is 0. The van der Waals surface area contributed by atoms with Crippen LogP contribution >= 0.6 is 24.0 Å². The van der Waals surface area contributed by atoms with Gasteiger partial charge in [-0.3, -0.25) is 0 Å². The van der Waals surface area contributed by atoms with Gasteiger partial charge in [0, 0.05) is 42.9 Å². The molecule has 3 aromatic rings. The monoisotopic (exact) mass is 510 g/mol. The van der Waals surface area contributed by atoms with Crippen LogP contribution in [0.25, 0.3) is 10.9 Å². The number of rotatable bonds is 8. The van der Waals surface area contributed by atoms with Crippen LogP contribution in [0.15, 0.2) is 53.7 Å². The van der Waals surface area contributed by atoms with Crippen LogP contribution in [0.5, 0.6) is 0 Å². The van der Waals surface area contributed by atoms with Gasteiger partial charge < -0.3 is 20.4 Å². The molecule has 0 saturated heterocycles. The molecule has 0 aliphatic carbocycles. The second-order valence-electron chi connectivity index (χ2n) is 6.59. The highest BCUT2D eigenvalue weighted by molar-refractivity contribution is 14.0. The summed E-state index contributed by atoms with van der Waals surface area (Å²) in [5, 5.41) is 7.88. The van der Waals surface area contributed by atoms with Crippen molar-refractivity contribution in [2.75, 3.05) is 20.2 Å². The molecule has 1 aromatic heterocycles. The first-order valence-corrected chi connectivity index (χ1v) is 9.54. The van der Waals surface area contributed by atoms with E-state index in [-0.39, 0.29) is 36.4 Å². The van der Waals surface area contributed by atoms with Gasteiger partial charge in [0.15, 0.2) is 5.96 Å². The van der Waals surface area contributed by atoms with Crippen LogP contribution in [0.4, 0.5) is 4.39 Å². The molecule has 0 amide bonds. The maximum Gasteiger partial charge on any atom is 0.191 e. The third kappa shape index (κ3) is 6.43. The molecule has 0 fully saturated rings. The van der Waals surface area contributed by atoms with E-state index in [1.807, 2.05) is 13.0 Å². The number of para-hydroxylation sites is 1. The molecular formula is C22H28FIN4O. The number of benzene rings is 2. The molecule has 29 heavy (non-hydrogen) atoms. The van der Waals surface area contributed by atoms with E-state index in [4.69, 9.17) is 4.74 Å². The molecule has 0 aliphatic rings. The van der Waals surface area contributed by atoms with Gasteiger partial charge >= 0.3 is 0 Å². The van der Waals surface area contributed by atoms with E-state index in [9.17, 15) is 4.39 Å². The molecule has 156 valence electrons. The number of aromatic amines is 1. The lowest BCUT2D eigenvalue weighted by Crippen LogP contribution is -2.38. The van der Waals surface area contributed by atoms with Crippen molar-refractivity contribution in [1.29, 1.82) is 0 Å². The molecular weight excluding hydrogens is 482 g/mol. The van der Waals surface area contributed by atoms with Gasteiger partial charge in [0.1, 0.15) is 5.82 Å². The predicted octanol–water partition coefficient (Wildman–Crippen LogP) is 4.37. The molecule has 3 N–H and O–H groups in total. The smallest absolute Gasteiger partial charge is 0.191 e. The number of fused-ring (bicyclic) bond motifs is 1. The zero-order valence-electron chi connectivity index (χ0n) is 16.8. The van der Waals surface area contributed by atoms with Crippen molar-refractivity contribution in [1.82, 2.24) is 15.6 Å². The molecule has 7 heteroatoms. The molecule has 0 bridgehead atoms. The largest absolute Gasteiger partial charge is 0.380 e. The number of methoxy groups -OCH3 is 1. The third-order valence-electron chi connectivity index (χ3n) is 4.54. The Morgan fingerprint density at radius 1 is 1.14 bits per heavy atom. The molecule has 0 aliphatic heterocycles. The standard InChI is InChI=1S/C22H27FN4O.HI/c1-3-24-22(27-13-16-8-9-20(23)18(12-16)15-28-2)25-11-10-17-14-26-21-7-5-4-6-19(17)21;/h4-9,12,14,26H,3,10-11,13,15H2,1-2H3,(H2,24,25,27);1H. The van der Waals surface area contributed by atoms with Gasteiger partial charge in [0.25, 0.3) is 0 Å². The Bertz CT molecular complexity index is 941. The highest BCUT2D eigenvalue weighted by atomic mass is 127. The molecule has 5 nitrogen and oxygen atoms in total. The van der Waals surface area contributed by atoms with Crippen LogP contribution in [0, 0.1) is 5.82 Å². The second kappa shape index (κ2) is 11.8. The summed E-state index contributed by atoms with van der Waals surface area (Å²) in [7, 11) is 1.56. The minimum absolute atomic E-state index is 0. The van der Waals surface area contributed by atoms with Crippen molar-refractivity contribution in [3.8, 4) is 0 Å². The minimum Gasteiger partial charge on any atom is -0.380 e. The summed E-state index contributed by atoms with van der Waals surface area (Å²) in [5.74, 6) is 0.498. The Balaban J connectivity index is 0.00000300. The Labute approximate surface area is 188 Å². The SMILES string of the molecule is CCNC(=NCc1ccc(F)c(COC)c1)NCCc1c[nH]c2ccccc12.I. The average Bonchev–Trinajstić information content (AvgIpc) is 3.12. The van der Waals surface area contributed by atoms with Crippen LogP contribution in [0.1, 0.15) is 23.6 Å². The minimum atomic E-state index is -0.252. The summed E-state index contributed by atoms with van der Waals surface area (Å²) < 4.78 is 18.8. The van der Waals surface area contributed by atoms with Crippen molar-refractivity contribution in [2.45, 2.75) is 26.5 Å². The summed E-state index contributed by atoms with van der Waals surface area (Å²) in [6.45, 7) is 4.31. The predicted molar refractivity (Wildman–Crippen MR) is 127 cm³/mol. The van der Waals surface area contributed by atoms with E-state index in [1.165, 1.54) is 17.0 Å². The molecule has 2 aromatic carbocycles. The number of aliphatic imine (C=N–C) groups is 1. The molecule has 3 rings (SSSR count). The van der Waals surface area contributed by atoms with Gasteiger partial charge in [0.2, 0.25) is 0 Å². The maximum atomic E-state index is 13.7. The zero-order chi connectivity index (χ0) is 19.8. The quantitative estimate of drug-likeness (QED) is 0.240. The summed E-state index contributed by atoms with van der Waals surface area (Å²) in [6, 6.07) is 13.3. The molecule has 0 saturated carbocycles. The van der Waals surface area contributed by atoms with Gasteiger partial charge in [0.05, 0.1) is 13.2 Å². The van der Waals surface area contributed by atoms with Gasteiger partial charge in [-0.25, -0.2) is 9.38 Å². The molecule has 1 heterocycles. The lowest BCUT2D eigenvalue weighted by Gasteiger charge is -2.11. The number of hydrogen-bond acceptors (Lipinski definition) is 2. The third-order valence-corrected chi connectivity index (χ3v) is 4.54. The molecule has 0 unspecified atom stereocenters. The van der Waals surface area contributed by atoms with Gasteiger partial charge in [-0.2, -0.15) is 0 Å². The van der Waals surface area contributed by atoms with E-state index in [0.717, 1.165) is 36.6 Å². The van der Waals surface area contributed by atoms with E-state index >= 15 is 0 Å². The normalized spacial score (nSPS) is 11.3. The Morgan fingerprint density at radius 2 is 1.97 bits per heavy atom. The highest BCUT2D eigenvalue weighted by Gasteiger charge is 2.05. The van der Waals surface area contributed by atoms with Crippen molar-refractivity contribution < 1.29 is 9.13 Å². The fourth-order valence-corrected chi connectivity index (χ4v) is 3.16. The van der Waals surface area contributed by atoms with Crippen molar-refractivity contribution in [2.24, 2.45) is 4.99 Å². The van der Waals surface area contributed by atoms with Gasteiger partial charge in [-0.15, -0.1) is 24.0 Å². The number of nitrogens with zero attached hydrogens (tertiary/aromatic N) is 1. The van der Waals surface area contributed by atoms with E-state index in [0.29, 0.717) is 12.1 Å². The Morgan fingerprint density at radius 3 is 2.76 bits per heavy atom. The maximum absolute atomic E-state index is 13.7. The highest BCUT2D eigenvalue weighted by Crippen LogP contribution is 2.17. The van der Waals surface area contributed by atoms with Crippen molar-refractivity contribution in [3.63, 3.8) is 0 Å². The van der Waals surface area contributed by atoms with Crippen LogP contribution in [-0.4, -0.2) is 31.1 Å². The second-order valence-corrected chi connectivity index (χ2v) is 6.59.